The van der Waals surface area contributed by atoms with Gasteiger partial charge in [-0.05, 0) is 62.6 Å². The van der Waals surface area contributed by atoms with Crippen LogP contribution in [0.5, 0.6) is 0 Å². The molecule has 2 aromatic rings. The Morgan fingerprint density at radius 3 is 2.37 bits per heavy atom. The Morgan fingerprint density at radius 1 is 1.10 bits per heavy atom. The van der Waals surface area contributed by atoms with Gasteiger partial charge in [-0.2, -0.15) is 0 Å². The number of anilines is 2. The van der Waals surface area contributed by atoms with E-state index < -0.39 is 11.9 Å². The number of nitrogens with one attached hydrogen (secondary N) is 2. The van der Waals surface area contributed by atoms with E-state index in [2.05, 4.69) is 17.6 Å². The summed E-state index contributed by atoms with van der Waals surface area (Å²) in [5, 5.41) is 14.2. The minimum atomic E-state index is -1.14. The Bertz CT molecular complexity index is 968. The van der Waals surface area contributed by atoms with Crippen LogP contribution in [0, 0.1) is 6.92 Å². The molecule has 0 aromatic heterocycles. The summed E-state index contributed by atoms with van der Waals surface area (Å²) in [7, 11) is 0. The molecular formula is C23H26N2O4S. The lowest BCUT2D eigenvalue weighted by Crippen LogP contribution is -2.23. The number of rotatable bonds is 8. The number of para-hydroxylation sites is 1. The topological polar surface area (TPSA) is 95.5 Å². The van der Waals surface area contributed by atoms with Crippen LogP contribution in [0.1, 0.15) is 31.9 Å². The summed E-state index contributed by atoms with van der Waals surface area (Å²) in [4.78, 5) is 36.1. The standard InChI is InChI=1S/C23H26N2O4S/c1-5-17-8-6-7-14(2)21(17)25-22(27)16(4)30-19-11-9-18(10-12-19)24-20(26)13-15(3)23(28)29/h6-13,16H,5H2,1-4H3,(H,24,26)(H,25,27)(H,28,29)/b15-13-. The van der Waals surface area contributed by atoms with Crippen molar-refractivity contribution in [3.05, 3.63) is 65.2 Å². The first kappa shape index (κ1) is 23.2. The average molecular weight is 427 g/mol. The zero-order chi connectivity index (χ0) is 22.3. The average Bonchev–Trinajstić information content (AvgIpc) is 2.70. The fraction of sp³-hybridized carbons (Fsp3) is 0.261. The molecule has 158 valence electrons. The number of benzene rings is 2. The third-order valence-electron chi connectivity index (χ3n) is 4.48. The minimum absolute atomic E-state index is 0.0422. The highest BCUT2D eigenvalue weighted by atomic mass is 32.2. The fourth-order valence-corrected chi connectivity index (χ4v) is 3.61. The fourth-order valence-electron chi connectivity index (χ4n) is 2.74. The van der Waals surface area contributed by atoms with Crippen LogP contribution in [-0.2, 0) is 20.8 Å². The van der Waals surface area contributed by atoms with Crippen LogP contribution in [-0.4, -0.2) is 28.1 Å². The highest BCUT2D eigenvalue weighted by Gasteiger charge is 2.17. The molecule has 6 nitrogen and oxygen atoms in total. The van der Waals surface area contributed by atoms with Gasteiger partial charge in [0.05, 0.1) is 5.25 Å². The summed E-state index contributed by atoms with van der Waals surface area (Å²) in [5.41, 5.74) is 3.52. The highest BCUT2D eigenvalue weighted by Crippen LogP contribution is 2.27. The predicted octanol–water partition coefficient (Wildman–Crippen LogP) is 4.65. The van der Waals surface area contributed by atoms with Gasteiger partial charge in [0.15, 0.2) is 0 Å². The number of hydrogen-bond donors (Lipinski definition) is 3. The lowest BCUT2D eigenvalue weighted by atomic mass is 10.1. The van der Waals surface area contributed by atoms with Crippen molar-refractivity contribution in [2.45, 2.75) is 44.3 Å². The van der Waals surface area contributed by atoms with E-state index >= 15 is 0 Å². The second kappa shape index (κ2) is 10.6. The number of carbonyl (C=O) groups excluding carboxylic acids is 2. The predicted molar refractivity (Wildman–Crippen MR) is 121 cm³/mol. The van der Waals surface area contributed by atoms with E-state index in [4.69, 9.17) is 5.11 Å². The van der Waals surface area contributed by atoms with Crippen molar-refractivity contribution in [2.24, 2.45) is 0 Å². The molecule has 0 radical (unpaired) electrons. The first-order chi connectivity index (χ1) is 14.2. The Labute approximate surface area is 180 Å². The van der Waals surface area contributed by atoms with Gasteiger partial charge in [-0.1, -0.05) is 25.1 Å². The van der Waals surface area contributed by atoms with Crippen LogP contribution in [0.25, 0.3) is 0 Å². The largest absolute Gasteiger partial charge is 0.478 e. The molecule has 2 rings (SSSR count). The maximum absolute atomic E-state index is 12.7. The Kier molecular flexibility index (Phi) is 8.24. The molecule has 0 heterocycles. The smallest absolute Gasteiger partial charge is 0.331 e. The van der Waals surface area contributed by atoms with Crippen LogP contribution in [0.3, 0.4) is 0 Å². The van der Waals surface area contributed by atoms with Crippen LogP contribution < -0.4 is 10.6 Å². The third kappa shape index (κ3) is 6.49. The van der Waals surface area contributed by atoms with E-state index in [1.165, 1.54) is 18.7 Å². The monoisotopic (exact) mass is 426 g/mol. The van der Waals surface area contributed by atoms with Crippen molar-refractivity contribution >= 4 is 40.9 Å². The van der Waals surface area contributed by atoms with Crippen LogP contribution >= 0.6 is 11.8 Å². The van der Waals surface area contributed by atoms with E-state index in [0.29, 0.717) is 5.69 Å². The molecule has 7 heteroatoms. The van der Waals surface area contributed by atoms with Crippen molar-refractivity contribution in [3.63, 3.8) is 0 Å². The van der Waals surface area contributed by atoms with E-state index in [-0.39, 0.29) is 16.7 Å². The van der Waals surface area contributed by atoms with Gasteiger partial charge in [-0.15, -0.1) is 11.8 Å². The van der Waals surface area contributed by atoms with Crippen molar-refractivity contribution in [3.8, 4) is 0 Å². The molecule has 0 saturated carbocycles. The summed E-state index contributed by atoms with van der Waals surface area (Å²) in [5.74, 6) is -1.72. The van der Waals surface area contributed by atoms with Gasteiger partial charge in [0.25, 0.3) is 0 Å². The van der Waals surface area contributed by atoms with Gasteiger partial charge in [0.1, 0.15) is 0 Å². The van der Waals surface area contributed by atoms with Crippen molar-refractivity contribution in [1.82, 2.24) is 0 Å². The zero-order valence-electron chi connectivity index (χ0n) is 17.5. The molecule has 0 spiro atoms. The number of carbonyl (C=O) groups is 3. The summed E-state index contributed by atoms with van der Waals surface area (Å²) in [6.07, 6.45) is 1.88. The number of aliphatic carboxylic acids is 1. The molecule has 30 heavy (non-hydrogen) atoms. The van der Waals surface area contributed by atoms with Gasteiger partial charge < -0.3 is 15.7 Å². The molecule has 0 saturated heterocycles. The number of thioether (sulfide) groups is 1. The van der Waals surface area contributed by atoms with Crippen molar-refractivity contribution in [2.75, 3.05) is 10.6 Å². The second-order valence-corrected chi connectivity index (χ2v) is 8.27. The molecule has 1 unspecified atom stereocenters. The Balaban J connectivity index is 1.98. The van der Waals surface area contributed by atoms with Gasteiger partial charge in [-0.25, -0.2) is 4.79 Å². The molecule has 2 amide bonds. The van der Waals surface area contributed by atoms with Gasteiger partial charge >= 0.3 is 5.97 Å². The molecule has 0 aliphatic heterocycles. The quantitative estimate of drug-likeness (QED) is 0.422. The zero-order valence-corrected chi connectivity index (χ0v) is 18.3. The third-order valence-corrected chi connectivity index (χ3v) is 5.59. The minimum Gasteiger partial charge on any atom is -0.478 e. The van der Waals surface area contributed by atoms with Crippen LogP contribution in [0.15, 0.2) is 59.0 Å². The summed E-state index contributed by atoms with van der Waals surface area (Å²) >= 11 is 1.42. The van der Waals surface area contributed by atoms with E-state index in [0.717, 1.165) is 34.2 Å². The molecule has 0 aliphatic rings. The SMILES string of the molecule is CCc1cccc(C)c1NC(=O)C(C)Sc1ccc(NC(=O)/C=C(/C)C(=O)O)cc1. The van der Waals surface area contributed by atoms with Crippen LogP contribution in [0.4, 0.5) is 11.4 Å². The van der Waals surface area contributed by atoms with Gasteiger partial charge in [-0.3, -0.25) is 9.59 Å². The maximum Gasteiger partial charge on any atom is 0.331 e. The maximum atomic E-state index is 12.7. The van der Waals surface area contributed by atoms with E-state index in [9.17, 15) is 14.4 Å². The van der Waals surface area contributed by atoms with Crippen molar-refractivity contribution in [1.29, 1.82) is 0 Å². The summed E-state index contributed by atoms with van der Waals surface area (Å²) in [6, 6.07) is 13.0. The summed E-state index contributed by atoms with van der Waals surface area (Å²) in [6.45, 7) is 7.24. The molecule has 3 N–H and O–H groups in total. The van der Waals surface area contributed by atoms with E-state index in [1.807, 2.05) is 44.2 Å². The summed E-state index contributed by atoms with van der Waals surface area (Å²) < 4.78 is 0. The Morgan fingerprint density at radius 2 is 1.77 bits per heavy atom. The van der Waals surface area contributed by atoms with E-state index in [1.54, 1.807) is 12.1 Å². The van der Waals surface area contributed by atoms with Crippen LogP contribution in [0.2, 0.25) is 0 Å². The normalized spacial score (nSPS) is 12.2. The first-order valence-electron chi connectivity index (χ1n) is 9.60. The first-order valence-corrected chi connectivity index (χ1v) is 10.5. The molecule has 2 aromatic carbocycles. The Hall–Kier alpha value is -3.06. The number of hydrogen-bond acceptors (Lipinski definition) is 4. The van der Waals surface area contributed by atoms with Gasteiger partial charge in [0, 0.05) is 27.9 Å². The number of aryl methyl sites for hydroxylation is 2. The highest BCUT2D eigenvalue weighted by molar-refractivity contribution is 8.00. The molecule has 0 bridgehead atoms. The second-order valence-electron chi connectivity index (χ2n) is 6.86. The van der Waals surface area contributed by atoms with Crippen molar-refractivity contribution < 1.29 is 19.5 Å². The number of carboxylic acids is 1. The lowest BCUT2D eigenvalue weighted by molar-refractivity contribution is -0.132. The van der Waals surface area contributed by atoms with Gasteiger partial charge in [0.2, 0.25) is 11.8 Å². The molecule has 0 aliphatic carbocycles. The number of amides is 2. The molecule has 0 fully saturated rings. The lowest BCUT2D eigenvalue weighted by Gasteiger charge is -2.16. The molecular weight excluding hydrogens is 400 g/mol. The molecule has 1 atom stereocenters. The number of carboxylic acid groups (broad SMARTS) is 1.